The van der Waals surface area contributed by atoms with Crippen LogP contribution in [0.4, 0.5) is 9.39 Å². The molecule has 2 nitrogen and oxygen atoms in total. The van der Waals surface area contributed by atoms with Crippen LogP contribution in [0.1, 0.15) is 36.6 Å². The number of nitrogens with zero attached hydrogens (tertiary/aromatic N) is 1. The highest BCUT2D eigenvalue weighted by Crippen LogP contribution is 2.41. The number of hydrogen-bond acceptors (Lipinski definition) is 3. The van der Waals surface area contributed by atoms with Crippen molar-refractivity contribution >= 4 is 32.3 Å². The molecule has 19 heavy (non-hydrogen) atoms. The van der Waals surface area contributed by atoms with E-state index in [4.69, 9.17) is 5.73 Å². The zero-order chi connectivity index (χ0) is 13.4. The predicted molar refractivity (Wildman–Crippen MR) is 80.8 cm³/mol. The summed E-state index contributed by atoms with van der Waals surface area (Å²) in [5, 5.41) is 1.68. The van der Waals surface area contributed by atoms with E-state index < -0.39 is 0 Å². The van der Waals surface area contributed by atoms with Crippen LogP contribution in [0.3, 0.4) is 0 Å². The molecule has 2 aromatic rings. The number of thiazole rings is 1. The Morgan fingerprint density at radius 1 is 1.32 bits per heavy atom. The average molecular weight is 341 g/mol. The van der Waals surface area contributed by atoms with Gasteiger partial charge in [0.25, 0.3) is 0 Å². The Morgan fingerprint density at radius 3 is 2.74 bits per heavy atom. The van der Waals surface area contributed by atoms with Crippen LogP contribution in [0, 0.1) is 5.82 Å². The van der Waals surface area contributed by atoms with Crippen molar-refractivity contribution in [3.05, 3.63) is 33.5 Å². The highest BCUT2D eigenvalue weighted by atomic mass is 79.9. The molecular weight excluding hydrogens is 327 g/mol. The van der Waals surface area contributed by atoms with E-state index in [1.54, 1.807) is 6.07 Å². The van der Waals surface area contributed by atoms with Gasteiger partial charge in [0.05, 0.1) is 5.01 Å². The Bertz CT molecular complexity index is 605. The van der Waals surface area contributed by atoms with Crippen LogP contribution in [0.2, 0.25) is 0 Å². The van der Waals surface area contributed by atoms with E-state index >= 15 is 0 Å². The second kappa shape index (κ2) is 5.21. The van der Waals surface area contributed by atoms with E-state index in [1.807, 2.05) is 6.07 Å². The van der Waals surface area contributed by atoms with Crippen LogP contribution < -0.4 is 5.73 Å². The Balaban J connectivity index is 2.00. The molecule has 0 unspecified atom stereocenters. The summed E-state index contributed by atoms with van der Waals surface area (Å²) >= 11 is 4.77. The first-order valence-electron chi connectivity index (χ1n) is 6.37. The molecule has 0 radical (unpaired) electrons. The molecular formula is C14H14BrFN2S. The van der Waals surface area contributed by atoms with Crippen molar-refractivity contribution in [2.45, 2.75) is 31.6 Å². The van der Waals surface area contributed by atoms with Crippen LogP contribution in [-0.2, 0) is 0 Å². The minimum Gasteiger partial charge on any atom is -0.389 e. The smallest absolute Gasteiger partial charge is 0.133 e. The number of halogens is 2. The molecule has 0 amide bonds. The van der Waals surface area contributed by atoms with Gasteiger partial charge >= 0.3 is 0 Å². The van der Waals surface area contributed by atoms with E-state index in [0.717, 1.165) is 9.48 Å². The van der Waals surface area contributed by atoms with Gasteiger partial charge in [-0.1, -0.05) is 28.8 Å². The lowest BCUT2D eigenvalue weighted by Crippen LogP contribution is -1.92. The maximum atomic E-state index is 14.0. The molecule has 1 fully saturated rings. The van der Waals surface area contributed by atoms with Crippen molar-refractivity contribution in [1.29, 1.82) is 0 Å². The van der Waals surface area contributed by atoms with E-state index in [-0.39, 0.29) is 5.82 Å². The molecule has 0 spiro atoms. The van der Waals surface area contributed by atoms with Crippen molar-refractivity contribution in [2.24, 2.45) is 0 Å². The lowest BCUT2D eigenvalue weighted by molar-refractivity contribution is 0.629. The van der Waals surface area contributed by atoms with Gasteiger partial charge in [0.2, 0.25) is 0 Å². The zero-order valence-corrected chi connectivity index (χ0v) is 12.7. The highest BCUT2D eigenvalue weighted by Gasteiger charge is 2.23. The van der Waals surface area contributed by atoms with Crippen LogP contribution in [0.5, 0.6) is 0 Å². The number of aromatic nitrogens is 1. The normalized spacial score (nSPS) is 16.1. The largest absolute Gasteiger partial charge is 0.389 e. The Labute approximate surface area is 124 Å². The topological polar surface area (TPSA) is 38.9 Å². The Morgan fingerprint density at radius 2 is 2.05 bits per heavy atom. The minimum absolute atomic E-state index is 0.288. The van der Waals surface area contributed by atoms with Crippen molar-refractivity contribution in [2.75, 3.05) is 5.73 Å². The summed E-state index contributed by atoms with van der Waals surface area (Å²) in [5.74, 6) is 0.226. The van der Waals surface area contributed by atoms with E-state index in [9.17, 15) is 4.39 Å². The van der Waals surface area contributed by atoms with Gasteiger partial charge in [-0.2, -0.15) is 0 Å². The van der Waals surface area contributed by atoms with E-state index in [2.05, 4.69) is 20.9 Å². The third-order valence-corrected chi connectivity index (χ3v) is 5.10. The first kappa shape index (κ1) is 13.1. The molecule has 100 valence electrons. The molecule has 0 bridgehead atoms. The fourth-order valence-electron chi connectivity index (χ4n) is 2.57. The summed E-state index contributed by atoms with van der Waals surface area (Å²) < 4.78 is 14.7. The van der Waals surface area contributed by atoms with Crippen molar-refractivity contribution < 1.29 is 4.39 Å². The van der Waals surface area contributed by atoms with Crippen LogP contribution in [-0.4, -0.2) is 4.98 Å². The standard InChI is InChI=1S/C14H14BrFN2S/c15-9-5-6-10(11(16)7-9)12-13(17)19-14(18-12)8-3-1-2-4-8/h5-8H,1-4,17H2. The first-order chi connectivity index (χ1) is 9.15. The van der Waals surface area contributed by atoms with Gasteiger partial charge in [-0.15, -0.1) is 11.3 Å². The predicted octanol–water partition coefficient (Wildman–Crippen LogP) is 4.95. The average Bonchev–Trinajstić information content (AvgIpc) is 2.98. The number of nitrogens with two attached hydrogens (primary N) is 1. The number of hydrogen-bond donors (Lipinski definition) is 1. The van der Waals surface area contributed by atoms with Crippen molar-refractivity contribution in [3.8, 4) is 11.3 Å². The lowest BCUT2D eigenvalue weighted by atomic mass is 10.1. The summed E-state index contributed by atoms with van der Waals surface area (Å²) in [4.78, 5) is 4.59. The van der Waals surface area contributed by atoms with Gasteiger partial charge < -0.3 is 5.73 Å². The van der Waals surface area contributed by atoms with Gasteiger partial charge in [-0.3, -0.25) is 0 Å². The number of benzene rings is 1. The maximum absolute atomic E-state index is 14.0. The number of nitrogen functional groups attached to an aromatic ring is 1. The fraction of sp³-hybridized carbons (Fsp3) is 0.357. The molecule has 2 N–H and O–H groups in total. The number of anilines is 1. The number of rotatable bonds is 2. The van der Waals surface area contributed by atoms with Crippen LogP contribution in [0.15, 0.2) is 22.7 Å². The molecule has 0 atom stereocenters. The molecule has 1 aromatic carbocycles. The monoisotopic (exact) mass is 340 g/mol. The summed E-state index contributed by atoms with van der Waals surface area (Å²) in [6.07, 6.45) is 4.86. The maximum Gasteiger partial charge on any atom is 0.133 e. The summed E-state index contributed by atoms with van der Waals surface area (Å²) in [6.45, 7) is 0. The van der Waals surface area contributed by atoms with E-state index in [1.165, 1.54) is 43.1 Å². The minimum atomic E-state index is -0.288. The molecule has 1 aromatic heterocycles. The Hall–Kier alpha value is -0.940. The third kappa shape index (κ3) is 2.54. The van der Waals surface area contributed by atoms with Crippen molar-refractivity contribution in [1.82, 2.24) is 4.98 Å². The van der Waals surface area contributed by atoms with E-state index in [0.29, 0.717) is 22.2 Å². The molecule has 1 aliphatic carbocycles. The Kier molecular flexibility index (Phi) is 3.58. The van der Waals surface area contributed by atoms with Gasteiger partial charge in [0.1, 0.15) is 16.5 Å². The SMILES string of the molecule is Nc1sc(C2CCCC2)nc1-c1ccc(Br)cc1F. The molecule has 0 aliphatic heterocycles. The molecule has 1 heterocycles. The summed E-state index contributed by atoms with van der Waals surface area (Å²) in [7, 11) is 0. The van der Waals surface area contributed by atoms with Gasteiger partial charge in [-0.05, 0) is 31.0 Å². The fourth-order valence-corrected chi connectivity index (χ4v) is 3.92. The van der Waals surface area contributed by atoms with Crippen molar-refractivity contribution in [3.63, 3.8) is 0 Å². The van der Waals surface area contributed by atoms with Gasteiger partial charge in [0.15, 0.2) is 0 Å². The summed E-state index contributed by atoms with van der Waals surface area (Å²) in [5.41, 5.74) is 7.11. The highest BCUT2D eigenvalue weighted by molar-refractivity contribution is 9.10. The van der Waals surface area contributed by atoms with Crippen LogP contribution >= 0.6 is 27.3 Å². The quantitative estimate of drug-likeness (QED) is 0.839. The molecule has 5 heteroatoms. The summed E-state index contributed by atoms with van der Waals surface area (Å²) in [6, 6.07) is 4.99. The third-order valence-electron chi connectivity index (χ3n) is 3.56. The zero-order valence-electron chi connectivity index (χ0n) is 10.3. The molecule has 3 rings (SSSR count). The lowest BCUT2D eigenvalue weighted by Gasteiger charge is -2.03. The molecule has 1 aliphatic rings. The molecule has 0 saturated heterocycles. The second-order valence-electron chi connectivity index (χ2n) is 4.87. The van der Waals surface area contributed by atoms with Crippen LogP contribution in [0.25, 0.3) is 11.3 Å². The molecule has 1 saturated carbocycles. The second-order valence-corrected chi connectivity index (χ2v) is 6.85. The first-order valence-corrected chi connectivity index (χ1v) is 7.97. The van der Waals surface area contributed by atoms with Gasteiger partial charge in [-0.25, -0.2) is 9.37 Å². The van der Waals surface area contributed by atoms with Gasteiger partial charge in [0, 0.05) is 16.0 Å².